The zero-order valence-corrected chi connectivity index (χ0v) is 12.7. The second-order valence-electron chi connectivity index (χ2n) is 5.40. The number of carbonyl (C=O) groups excluding carboxylic acids is 2. The van der Waals surface area contributed by atoms with Gasteiger partial charge in [-0.15, -0.1) is 0 Å². The zero-order chi connectivity index (χ0) is 15.4. The first-order valence-corrected chi connectivity index (χ1v) is 7.08. The van der Waals surface area contributed by atoms with Gasteiger partial charge in [0.25, 0.3) is 0 Å². The van der Waals surface area contributed by atoms with Crippen LogP contribution in [0, 0.1) is 12.8 Å². The lowest BCUT2D eigenvalue weighted by atomic mass is 10.1. The Morgan fingerprint density at radius 1 is 1.43 bits per heavy atom. The highest BCUT2D eigenvalue weighted by atomic mass is 16.5. The monoisotopic (exact) mass is 291 g/mol. The van der Waals surface area contributed by atoms with E-state index < -0.39 is 0 Å². The molecule has 1 aliphatic rings. The molecule has 1 aromatic rings. The molecule has 2 unspecified atom stereocenters. The molecule has 1 fully saturated rings. The first-order valence-electron chi connectivity index (χ1n) is 7.08. The number of benzene rings is 1. The third kappa shape index (κ3) is 3.54. The number of likely N-dealkylation sites (tertiary alicyclic amines) is 1. The van der Waals surface area contributed by atoms with Gasteiger partial charge in [-0.1, -0.05) is 18.2 Å². The van der Waals surface area contributed by atoms with Crippen molar-refractivity contribution in [1.29, 1.82) is 0 Å². The SMILES string of the molecule is COC(=O)C1CC(=O)N(C(C)COc2ccccc2C)C1. The number of ether oxygens (including phenoxy) is 2. The Labute approximate surface area is 124 Å². The molecule has 0 aromatic heterocycles. The predicted molar refractivity (Wildman–Crippen MR) is 78.0 cm³/mol. The third-order valence-corrected chi connectivity index (χ3v) is 3.80. The van der Waals surface area contributed by atoms with E-state index in [1.165, 1.54) is 7.11 Å². The molecule has 0 saturated carbocycles. The fraction of sp³-hybridized carbons (Fsp3) is 0.500. The Morgan fingerprint density at radius 2 is 2.14 bits per heavy atom. The van der Waals surface area contributed by atoms with Crippen LogP contribution in [-0.4, -0.2) is 43.1 Å². The highest BCUT2D eigenvalue weighted by Gasteiger charge is 2.37. The van der Waals surface area contributed by atoms with Crippen LogP contribution in [-0.2, 0) is 14.3 Å². The summed E-state index contributed by atoms with van der Waals surface area (Å²) in [6, 6.07) is 7.68. The molecule has 1 aromatic carbocycles. The normalized spacial score (nSPS) is 19.5. The summed E-state index contributed by atoms with van der Waals surface area (Å²) < 4.78 is 10.5. The van der Waals surface area contributed by atoms with Crippen molar-refractivity contribution >= 4 is 11.9 Å². The van der Waals surface area contributed by atoms with Gasteiger partial charge in [-0.25, -0.2) is 0 Å². The van der Waals surface area contributed by atoms with Gasteiger partial charge in [-0.05, 0) is 25.5 Å². The van der Waals surface area contributed by atoms with E-state index in [0.717, 1.165) is 11.3 Å². The number of hydrogen-bond acceptors (Lipinski definition) is 4. The fourth-order valence-electron chi connectivity index (χ4n) is 2.50. The Balaban J connectivity index is 1.92. The molecular formula is C16H21NO4. The second kappa shape index (κ2) is 6.61. The van der Waals surface area contributed by atoms with Crippen LogP contribution in [0.5, 0.6) is 5.75 Å². The molecule has 1 amide bonds. The quantitative estimate of drug-likeness (QED) is 0.776. The summed E-state index contributed by atoms with van der Waals surface area (Å²) in [7, 11) is 1.35. The van der Waals surface area contributed by atoms with Gasteiger partial charge in [0.2, 0.25) is 5.91 Å². The lowest BCUT2D eigenvalue weighted by Gasteiger charge is -2.25. The summed E-state index contributed by atoms with van der Waals surface area (Å²) in [5.74, 6) is 0.119. The average Bonchev–Trinajstić information content (AvgIpc) is 2.87. The van der Waals surface area contributed by atoms with Crippen LogP contribution in [0.15, 0.2) is 24.3 Å². The molecule has 5 heteroatoms. The van der Waals surface area contributed by atoms with Crippen molar-refractivity contribution in [2.75, 3.05) is 20.3 Å². The second-order valence-corrected chi connectivity index (χ2v) is 5.40. The maximum atomic E-state index is 12.0. The molecular weight excluding hydrogens is 270 g/mol. The van der Waals surface area contributed by atoms with Gasteiger partial charge in [-0.2, -0.15) is 0 Å². The van der Waals surface area contributed by atoms with Crippen molar-refractivity contribution in [1.82, 2.24) is 4.90 Å². The third-order valence-electron chi connectivity index (χ3n) is 3.80. The number of carbonyl (C=O) groups is 2. The van der Waals surface area contributed by atoms with E-state index in [9.17, 15) is 9.59 Å². The Morgan fingerprint density at radius 3 is 2.81 bits per heavy atom. The van der Waals surface area contributed by atoms with Gasteiger partial charge in [0.1, 0.15) is 12.4 Å². The number of amides is 1. The summed E-state index contributed by atoms with van der Waals surface area (Å²) in [5, 5.41) is 0. The number of aryl methyl sites for hydroxylation is 1. The number of methoxy groups -OCH3 is 1. The first-order chi connectivity index (χ1) is 10.0. The van der Waals surface area contributed by atoms with Crippen LogP contribution in [0.25, 0.3) is 0 Å². The van der Waals surface area contributed by atoms with E-state index in [-0.39, 0.29) is 30.3 Å². The van der Waals surface area contributed by atoms with Gasteiger partial charge >= 0.3 is 5.97 Å². The minimum atomic E-state index is -0.358. The molecule has 1 saturated heterocycles. The fourth-order valence-corrected chi connectivity index (χ4v) is 2.50. The largest absolute Gasteiger partial charge is 0.491 e. The van der Waals surface area contributed by atoms with E-state index in [1.807, 2.05) is 38.1 Å². The summed E-state index contributed by atoms with van der Waals surface area (Å²) >= 11 is 0. The lowest BCUT2D eigenvalue weighted by Crippen LogP contribution is -2.39. The summed E-state index contributed by atoms with van der Waals surface area (Å²) in [6.07, 6.45) is 0.224. The van der Waals surface area contributed by atoms with E-state index >= 15 is 0 Å². The summed E-state index contributed by atoms with van der Waals surface area (Å²) in [4.78, 5) is 25.2. The van der Waals surface area contributed by atoms with Crippen molar-refractivity contribution in [3.63, 3.8) is 0 Å². The van der Waals surface area contributed by atoms with Gasteiger partial charge in [0.15, 0.2) is 0 Å². The number of nitrogens with zero attached hydrogens (tertiary/aromatic N) is 1. The molecule has 0 aliphatic carbocycles. The Kier molecular flexibility index (Phi) is 4.83. The van der Waals surface area contributed by atoms with E-state index in [1.54, 1.807) is 4.90 Å². The smallest absolute Gasteiger partial charge is 0.310 e. The molecule has 0 spiro atoms. The molecule has 5 nitrogen and oxygen atoms in total. The van der Waals surface area contributed by atoms with Gasteiger partial charge in [0.05, 0.1) is 19.1 Å². The number of rotatable bonds is 5. The minimum absolute atomic E-state index is 0.0220. The minimum Gasteiger partial charge on any atom is -0.491 e. The Hall–Kier alpha value is -2.04. The van der Waals surface area contributed by atoms with Crippen LogP contribution >= 0.6 is 0 Å². The molecule has 0 radical (unpaired) electrons. The molecule has 21 heavy (non-hydrogen) atoms. The van der Waals surface area contributed by atoms with Gasteiger partial charge in [0, 0.05) is 13.0 Å². The lowest BCUT2D eigenvalue weighted by molar-refractivity contribution is -0.145. The molecule has 0 bridgehead atoms. The zero-order valence-electron chi connectivity index (χ0n) is 12.7. The topological polar surface area (TPSA) is 55.8 Å². The maximum absolute atomic E-state index is 12.0. The molecule has 114 valence electrons. The van der Waals surface area contributed by atoms with E-state index in [4.69, 9.17) is 9.47 Å². The number of para-hydroxylation sites is 1. The standard InChI is InChI=1S/C16H21NO4/c1-11-6-4-5-7-14(11)21-10-12(2)17-9-13(8-15(17)18)16(19)20-3/h4-7,12-13H,8-10H2,1-3H3. The summed E-state index contributed by atoms with van der Waals surface area (Å²) in [5.41, 5.74) is 1.06. The van der Waals surface area contributed by atoms with Crippen molar-refractivity contribution in [2.45, 2.75) is 26.3 Å². The van der Waals surface area contributed by atoms with Crippen LogP contribution in [0.3, 0.4) is 0 Å². The first kappa shape index (κ1) is 15.4. The highest BCUT2D eigenvalue weighted by molar-refractivity contribution is 5.86. The van der Waals surface area contributed by atoms with Gasteiger partial charge < -0.3 is 14.4 Å². The predicted octanol–water partition coefficient (Wildman–Crippen LogP) is 1.78. The van der Waals surface area contributed by atoms with Crippen LogP contribution in [0.4, 0.5) is 0 Å². The van der Waals surface area contributed by atoms with E-state index in [0.29, 0.717) is 13.2 Å². The van der Waals surface area contributed by atoms with Crippen LogP contribution in [0.2, 0.25) is 0 Å². The molecule has 0 N–H and O–H groups in total. The highest BCUT2D eigenvalue weighted by Crippen LogP contribution is 2.22. The van der Waals surface area contributed by atoms with Crippen molar-refractivity contribution < 1.29 is 19.1 Å². The molecule has 1 heterocycles. The number of hydrogen-bond donors (Lipinski definition) is 0. The Bertz CT molecular complexity index is 529. The average molecular weight is 291 g/mol. The van der Waals surface area contributed by atoms with Crippen molar-refractivity contribution in [2.24, 2.45) is 5.92 Å². The molecule has 2 rings (SSSR count). The van der Waals surface area contributed by atoms with Gasteiger partial charge in [-0.3, -0.25) is 9.59 Å². The van der Waals surface area contributed by atoms with Crippen molar-refractivity contribution in [3.05, 3.63) is 29.8 Å². The van der Waals surface area contributed by atoms with Crippen LogP contribution < -0.4 is 4.74 Å². The number of esters is 1. The van der Waals surface area contributed by atoms with E-state index in [2.05, 4.69) is 0 Å². The van der Waals surface area contributed by atoms with Crippen molar-refractivity contribution in [3.8, 4) is 5.75 Å². The summed E-state index contributed by atoms with van der Waals surface area (Å²) in [6.45, 7) is 4.72. The molecule has 1 aliphatic heterocycles. The maximum Gasteiger partial charge on any atom is 0.310 e. The van der Waals surface area contributed by atoms with Crippen LogP contribution in [0.1, 0.15) is 18.9 Å². The molecule has 2 atom stereocenters.